The number of carboxylic acids is 1. The van der Waals surface area contributed by atoms with Crippen LogP contribution in [0.2, 0.25) is 0 Å². The number of carboxylic acid groups (broad SMARTS) is 1. The van der Waals surface area contributed by atoms with Gasteiger partial charge in [-0.25, -0.2) is 19.7 Å². The molecule has 2 aromatic heterocycles. The summed E-state index contributed by atoms with van der Waals surface area (Å²) in [5.41, 5.74) is 1.30. The van der Waals surface area contributed by atoms with Gasteiger partial charge in [0.05, 0.1) is 5.56 Å². The van der Waals surface area contributed by atoms with Gasteiger partial charge in [-0.1, -0.05) is 12.1 Å². The van der Waals surface area contributed by atoms with Gasteiger partial charge in [-0.15, -0.1) is 11.3 Å². The van der Waals surface area contributed by atoms with Crippen LogP contribution in [0.5, 0.6) is 0 Å². The fourth-order valence-corrected chi connectivity index (χ4v) is 2.65. The number of nitrogens with one attached hydrogen (secondary N) is 2. The van der Waals surface area contributed by atoms with Crippen molar-refractivity contribution >= 4 is 34.2 Å². The predicted octanol–water partition coefficient (Wildman–Crippen LogP) is 2.30. The zero-order valence-corrected chi connectivity index (χ0v) is 13.7. The van der Waals surface area contributed by atoms with Gasteiger partial charge in [-0.2, -0.15) is 0 Å². The van der Waals surface area contributed by atoms with E-state index in [0.717, 1.165) is 5.56 Å². The lowest BCUT2D eigenvalue weighted by atomic mass is 10.1. The summed E-state index contributed by atoms with van der Waals surface area (Å²) in [6.45, 7) is 0.283. The molecule has 0 aliphatic heterocycles. The molecule has 0 aliphatic rings. The Labute approximate surface area is 146 Å². The van der Waals surface area contributed by atoms with Crippen LogP contribution in [0.15, 0.2) is 48.2 Å². The van der Waals surface area contributed by atoms with Gasteiger partial charge in [0.15, 0.2) is 5.13 Å². The molecule has 0 bridgehead atoms. The molecule has 25 heavy (non-hydrogen) atoms. The number of thiazole rings is 1. The fraction of sp³-hybridized carbons (Fsp3) is 0.0625. The first-order valence-corrected chi connectivity index (χ1v) is 8.09. The Kier molecular flexibility index (Phi) is 4.95. The van der Waals surface area contributed by atoms with E-state index in [2.05, 4.69) is 25.6 Å². The van der Waals surface area contributed by atoms with E-state index < -0.39 is 5.97 Å². The maximum Gasteiger partial charge on any atom is 0.335 e. The summed E-state index contributed by atoms with van der Waals surface area (Å²) in [5, 5.41) is 16.8. The molecule has 0 saturated heterocycles. The topological polar surface area (TPSA) is 117 Å². The Bertz CT molecular complexity index is 880. The van der Waals surface area contributed by atoms with E-state index in [1.807, 2.05) is 0 Å². The van der Waals surface area contributed by atoms with Crippen LogP contribution < -0.4 is 10.6 Å². The summed E-state index contributed by atoms with van der Waals surface area (Å²) >= 11 is 1.29. The Hall–Kier alpha value is -3.33. The van der Waals surface area contributed by atoms with Gasteiger partial charge in [0.1, 0.15) is 17.8 Å². The molecule has 2 heterocycles. The van der Waals surface area contributed by atoms with Crippen LogP contribution in [0.3, 0.4) is 0 Å². The van der Waals surface area contributed by atoms with E-state index in [1.54, 1.807) is 29.8 Å². The van der Waals surface area contributed by atoms with Gasteiger partial charge < -0.3 is 15.7 Å². The number of carbonyl (C=O) groups excluding carboxylic acids is 1. The second-order valence-corrected chi connectivity index (χ2v) is 5.80. The number of hydrogen-bond acceptors (Lipinski definition) is 7. The van der Waals surface area contributed by atoms with Crippen LogP contribution in [-0.2, 0) is 6.54 Å². The van der Waals surface area contributed by atoms with E-state index in [9.17, 15) is 9.59 Å². The minimum Gasteiger partial charge on any atom is -0.478 e. The number of amides is 1. The Morgan fingerprint density at radius 3 is 2.64 bits per heavy atom. The maximum absolute atomic E-state index is 12.1. The van der Waals surface area contributed by atoms with Crippen LogP contribution in [0.4, 0.5) is 10.9 Å². The number of rotatable bonds is 6. The highest BCUT2D eigenvalue weighted by molar-refractivity contribution is 7.14. The molecule has 3 N–H and O–H groups in total. The highest BCUT2D eigenvalue weighted by atomic mass is 32.1. The van der Waals surface area contributed by atoms with Crippen molar-refractivity contribution in [3.05, 3.63) is 65.1 Å². The largest absolute Gasteiger partial charge is 0.478 e. The monoisotopic (exact) mass is 355 g/mol. The number of aromatic carboxylic acids is 1. The van der Waals surface area contributed by atoms with Gasteiger partial charge in [0.2, 0.25) is 0 Å². The van der Waals surface area contributed by atoms with Crippen LogP contribution in [0, 0.1) is 0 Å². The van der Waals surface area contributed by atoms with Crippen molar-refractivity contribution < 1.29 is 14.7 Å². The molecule has 3 aromatic rings. The number of nitrogens with zero attached hydrogens (tertiary/aromatic N) is 3. The summed E-state index contributed by atoms with van der Waals surface area (Å²) in [7, 11) is 0. The van der Waals surface area contributed by atoms with E-state index in [0.29, 0.717) is 16.6 Å². The van der Waals surface area contributed by atoms with Crippen LogP contribution in [0.1, 0.15) is 26.4 Å². The Morgan fingerprint density at radius 2 is 1.96 bits per heavy atom. The van der Waals surface area contributed by atoms with Gasteiger partial charge in [0.25, 0.3) is 5.91 Å². The highest BCUT2D eigenvalue weighted by Crippen LogP contribution is 2.19. The quantitative estimate of drug-likeness (QED) is 0.621. The summed E-state index contributed by atoms with van der Waals surface area (Å²) < 4.78 is 0. The van der Waals surface area contributed by atoms with E-state index >= 15 is 0 Å². The average molecular weight is 355 g/mol. The van der Waals surface area contributed by atoms with E-state index in [4.69, 9.17) is 5.11 Å². The first-order valence-electron chi connectivity index (χ1n) is 7.21. The molecule has 0 fully saturated rings. The summed E-state index contributed by atoms with van der Waals surface area (Å²) in [6, 6.07) is 8.01. The van der Waals surface area contributed by atoms with Crippen molar-refractivity contribution in [2.45, 2.75) is 6.54 Å². The second-order valence-electron chi connectivity index (χ2n) is 4.94. The number of carbonyl (C=O) groups is 2. The summed E-state index contributed by atoms with van der Waals surface area (Å²) in [4.78, 5) is 35.0. The molecule has 0 atom stereocenters. The molecule has 8 nitrogen and oxygen atoms in total. The van der Waals surface area contributed by atoms with Crippen molar-refractivity contribution in [1.29, 1.82) is 0 Å². The lowest BCUT2D eigenvalue weighted by Gasteiger charge is -2.04. The molecule has 1 aromatic carbocycles. The molecule has 1 amide bonds. The third-order valence-electron chi connectivity index (χ3n) is 3.21. The molecule has 9 heteroatoms. The third-order valence-corrected chi connectivity index (χ3v) is 3.97. The van der Waals surface area contributed by atoms with Crippen molar-refractivity contribution in [3.63, 3.8) is 0 Å². The summed E-state index contributed by atoms with van der Waals surface area (Å²) in [6.07, 6.45) is 3.02. The molecular weight excluding hydrogens is 342 g/mol. The molecule has 3 rings (SSSR count). The molecular formula is C16H13N5O3S. The zero-order chi connectivity index (χ0) is 17.6. The molecule has 0 aliphatic carbocycles. The number of hydrogen-bond donors (Lipinski definition) is 3. The number of anilines is 2. The predicted molar refractivity (Wildman–Crippen MR) is 92.0 cm³/mol. The first kappa shape index (κ1) is 16.5. The van der Waals surface area contributed by atoms with Crippen molar-refractivity contribution in [2.24, 2.45) is 0 Å². The fourth-order valence-electron chi connectivity index (χ4n) is 1.95. The van der Waals surface area contributed by atoms with Crippen molar-refractivity contribution in [3.8, 4) is 0 Å². The van der Waals surface area contributed by atoms with Crippen molar-refractivity contribution in [2.75, 3.05) is 5.32 Å². The van der Waals surface area contributed by atoms with Gasteiger partial charge >= 0.3 is 5.97 Å². The molecule has 0 radical (unpaired) electrons. The smallest absolute Gasteiger partial charge is 0.335 e. The normalized spacial score (nSPS) is 10.2. The van der Waals surface area contributed by atoms with E-state index in [-0.39, 0.29) is 18.0 Å². The van der Waals surface area contributed by atoms with Gasteiger partial charge in [-0.05, 0) is 23.8 Å². The number of benzene rings is 1. The van der Waals surface area contributed by atoms with E-state index in [1.165, 1.54) is 29.8 Å². The lowest BCUT2D eigenvalue weighted by Crippen LogP contribution is -2.23. The lowest BCUT2D eigenvalue weighted by molar-refractivity contribution is 0.0696. The van der Waals surface area contributed by atoms with Gasteiger partial charge in [0, 0.05) is 18.1 Å². The molecule has 0 unspecified atom stereocenters. The molecule has 0 saturated carbocycles. The Balaban J connectivity index is 1.57. The standard InChI is InChI=1S/C16H13N5O3S/c22-14(18-7-10-1-3-11(4-2-10)15(23)24)12-8-25-16(20-12)21-13-5-6-17-9-19-13/h1-6,8-9H,7H2,(H,18,22)(H,23,24)(H,17,19,20,21). The van der Waals surface area contributed by atoms with Gasteiger partial charge in [-0.3, -0.25) is 4.79 Å². The third kappa shape index (κ3) is 4.36. The summed E-state index contributed by atoms with van der Waals surface area (Å²) in [5.74, 6) is -0.703. The zero-order valence-electron chi connectivity index (χ0n) is 12.8. The average Bonchev–Trinajstić information content (AvgIpc) is 3.09. The molecule has 126 valence electrons. The van der Waals surface area contributed by atoms with Crippen LogP contribution >= 0.6 is 11.3 Å². The first-order chi connectivity index (χ1) is 12.1. The SMILES string of the molecule is O=C(O)c1ccc(CNC(=O)c2csc(Nc3ccncn3)n2)cc1. The number of aromatic nitrogens is 3. The van der Waals surface area contributed by atoms with Crippen molar-refractivity contribution in [1.82, 2.24) is 20.3 Å². The highest BCUT2D eigenvalue weighted by Gasteiger charge is 2.11. The second kappa shape index (κ2) is 7.49. The Morgan fingerprint density at radius 1 is 1.16 bits per heavy atom. The van der Waals surface area contributed by atoms with Crippen LogP contribution in [-0.4, -0.2) is 31.9 Å². The minimum absolute atomic E-state index is 0.204. The van der Waals surface area contributed by atoms with Crippen LogP contribution in [0.25, 0.3) is 0 Å². The maximum atomic E-state index is 12.1. The molecule has 0 spiro atoms. The minimum atomic E-state index is -0.984.